The van der Waals surface area contributed by atoms with E-state index in [0.29, 0.717) is 36.4 Å². The van der Waals surface area contributed by atoms with Gasteiger partial charge in [-0.15, -0.1) is 0 Å². The SMILES string of the molecule is CNc1c(Cl)ncnc1NCC(c1cccc(F)c1)N1CCOCC1. The molecule has 0 amide bonds. The van der Waals surface area contributed by atoms with Crippen LogP contribution in [0, 0.1) is 5.82 Å². The Morgan fingerprint density at radius 3 is 2.84 bits per heavy atom. The standard InChI is InChI=1S/C17H21ClFN5O/c1-20-15-16(18)22-11-23-17(15)21-10-14(24-5-7-25-8-6-24)12-3-2-4-13(19)9-12/h2-4,9,11,14,20H,5-8,10H2,1H3,(H,21,22,23). The van der Waals surface area contributed by atoms with Crippen LogP contribution in [0.5, 0.6) is 0 Å². The molecule has 1 saturated heterocycles. The number of ether oxygens (including phenoxy) is 1. The second-order valence-corrected chi connectivity index (χ2v) is 6.10. The summed E-state index contributed by atoms with van der Waals surface area (Å²) < 4.78 is 19.2. The predicted molar refractivity (Wildman–Crippen MR) is 96.6 cm³/mol. The molecule has 6 nitrogen and oxygen atoms in total. The molecule has 0 saturated carbocycles. The van der Waals surface area contributed by atoms with Gasteiger partial charge in [0.1, 0.15) is 17.8 Å². The highest BCUT2D eigenvalue weighted by Gasteiger charge is 2.23. The zero-order valence-electron chi connectivity index (χ0n) is 14.0. The van der Waals surface area contributed by atoms with Crippen molar-refractivity contribution >= 4 is 23.1 Å². The van der Waals surface area contributed by atoms with E-state index in [-0.39, 0.29) is 11.9 Å². The lowest BCUT2D eigenvalue weighted by atomic mass is 10.0. The first-order chi connectivity index (χ1) is 12.2. The summed E-state index contributed by atoms with van der Waals surface area (Å²) >= 11 is 6.10. The van der Waals surface area contributed by atoms with Crippen molar-refractivity contribution in [1.82, 2.24) is 14.9 Å². The predicted octanol–water partition coefficient (Wildman–Crippen LogP) is 2.80. The highest BCUT2D eigenvalue weighted by Crippen LogP contribution is 2.28. The summed E-state index contributed by atoms with van der Waals surface area (Å²) in [6.45, 7) is 3.50. The number of morpholine rings is 1. The number of hydrogen-bond acceptors (Lipinski definition) is 6. The summed E-state index contributed by atoms with van der Waals surface area (Å²) in [4.78, 5) is 10.5. The third-order valence-electron chi connectivity index (χ3n) is 4.23. The lowest BCUT2D eigenvalue weighted by Gasteiger charge is -2.35. The minimum atomic E-state index is -0.239. The van der Waals surface area contributed by atoms with Crippen molar-refractivity contribution in [2.24, 2.45) is 0 Å². The maximum atomic E-state index is 13.7. The van der Waals surface area contributed by atoms with E-state index in [0.717, 1.165) is 18.7 Å². The van der Waals surface area contributed by atoms with Crippen molar-refractivity contribution in [2.75, 3.05) is 50.5 Å². The molecule has 0 radical (unpaired) electrons. The summed E-state index contributed by atoms with van der Waals surface area (Å²) in [5, 5.41) is 6.68. The average Bonchev–Trinajstić information content (AvgIpc) is 2.63. The fraction of sp³-hybridized carbons (Fsp3) is 0.412. The van der Waals surface area contributed by atoms with E-state index in [4.69, 9.17) is 16.3 Å². The third kappa shape index (κ3) is 4.36. The Balaban J connectivity index is 1.81. The minimum absolute atomic E-state index is 0.00181. The van der Waals surface area contributed by atoms with Gasteiger partial charge in [-0.1, -0.05) is 23.7 Å². The van der Waals surface area contributed by atoms with E-state index in [1.54, 1.807) is 19.2 Å². The Morgan fingerprint density at radius 1 is 1.32 bits per heavy atom. The van der Waals surface area contributed by atoms with Gasteiger partial charge in [0, 0.05) is 26.7 Å². The molecular weight excluding hydrogens is 345 g/mol. The largest absolute Gasteiger partial charge is 0.383 e. The second kappa shape index (κ2) is 8.42. The first kappa shape index (κ1) is 17.8. The Morgan fingerprint density at radius 2 is 2.12 bits per heavy atom. The van der Waals surface area contributed by atoms with Gasteiger partial charge in [0.05, 0.1) is 19.3 Å². The van der Waals surface area contributed by atoms with Crippen LogP contribution < -0.4 is 10.6 Å². The molecule has 3 rings (SSSR count). The van der Waals surface area contributed by atoms with Crippen molar-refractivity contribution < 1.29 is 9.13 Å². The molecule has 134 valence electrons. The molecule has 0 bridgehead atoms. The minimum Gasteiger partial charge on any atom is -0.383 e. The quantitative estimate of drug-likeness (QED) is 0.767. The Kier molecular flexibility index (Phi) is 6.01. The smallest absolute Gasteiger partial charge is 0.157 e. The number of halogens is 2. The first-order valence-electron chi connectivity index (χ1n) is 8.18. The first-order valence-corrected chi connectivity index (χ1v) is 8.56. The summed E-state index contributed by atoms with van der Waals surface area (Å²) in [5.74, 6) is 0.383. The molecule has 1 aromatic heterocycles. The van der Waals surface area contributed by atoms with Crippen LogP contribution in [0.3, 0.4) is 0 Å². The number of nitrogens with zero attached hydrogens (tertiary/aromatic N) is 3. The molecule has 25 heavy (non-hydrogen) atoms. The van der Waals surface area contributed by atoms with Crippen LogP contribution in [0.15, 0.2) is 30.6 Å². The molecule has 2 aromatic rings. The topological polar surface area (TPSA) is 62.3 Å². The zero-order chi connectivity index (χ0) is 17.6. The Hall–Kier alpha value is -1.96. The Bertz CT molecular complexity index is 711. The van der Waals surface area contributed by atoms with Crippen LogP contribution in [-0.2, 0) is 4.74 Å². The van der Waals surface area contributed by atoms with Crippen LogP contribution in [-0.4, -0.2) is 54.8 Å². The molecule has 8 heteroatoms. The van der Waals surface area contributed by atoms with Crippen molar-refractivity contribution in [3.8, 4) is 0 Å². The van der Waals surface area contributed by atoms with Gasteiger partial charge in [-0.05, 0) is 17.7 Å². The van der Waals surface area contributed by atoms with Gasteiger partial charge in [-0.2, -0.15) is 0 Å². The fourth-order valence-corrected chi connectivity index (χ4v) is 3.20. The van der Waals surface area contributed by atoms with Crippen molar-refractivity contribution in [1.29, 1.82) is 0 Å². The fourth-order valence-electron chi connectivity index (χ4n) is 2.97. The van der Waals surface area contributed by atoms with E-state index < -0.39 is 0 Å². The molecular formula is C17H21ClFN5O. The van der Waals surface area contributed by atoms with Gasteiger partial charge >= 0.3 is 0 Å². The van der Waals surface area contributed by atoms with E-state index in [1.807, 2.05) is 6.07 Å². The normalized spacial score (nSPS) is 16.4. The van der Waals surface area contributed by atoms with Crippen LogP contribution in [0.4, 0.5) is 15.9 Å². The zero-order valence-corrected chi connectivity index (χ0v) is 14.8. The maximum absolute atomic E-state index is 13.7. The highest BCUT2D eigenvalue weighted by molar-refractivity contribution is 6.32. The number of aromatic nitrogens is 2. The second-order valence-electron chi connectivity index (χ2n) is 5.74. The molecule has 1 atom stereocenters. The van der Waals surface area contributed by atoms with Gasteiger partial charge in [-0.3, -0.25) is 4.90 Å². The van der Waals surface area contributed by atoms with Gasteiger partial charge in [0.2, 0.25) is 0 Å². The maximum Gasteiger partial charge on any atom is 0.157 e. The van der Waals surface area contributed by atoms with Gasteiger partial charge in [0.25, 0.3) is 0 Å². The number of benzene rings is 1. The molecule has 2 N–H and O–H groups in total. The average molecular weight is 366 g/mol. The molecule has 0 aliphatic carbocycles. The van der Waals surface area contributed by atoms with E-state index >= 15 is 0 Å². The van der Waals surface area contributed by atoms with Crippen LogP contribution in [0.2, 0.25) is 5.15 Å². The number of hydrogen-bond donors (Lipinski definition) is 2. The molecule has 1 fully saturated rings. The molecule has 1 unspecified atom stereocenters. The Labute approximate surface area is 151 Å². The summed E-state index contributed by atoms with van der Waals surface area (Å²) in [5.41, 5.74) is 1.56. The van der Waals surface area contributed by atoms with E-state index in [9.17, 15) is 4.39 Å². The summed E-state index contributed by atoms with van der Waals surface area (Å²) in [6.07, 6.45) is 1.41. The van der Waals surface area contributed by atoms with Crippen molar-refractivity contribution in [3.63, 3.8) is 0 Å². The highest BCUT2D eigenvalue weighted by atomic mass is 35.5. The number of rotatable bonds is 6. The van der Waals surface area contributed by atoms with Gasteiger partial charge in [0.15, 0.2) is 11.0 Å². The molecule has 1 aliphatic rings. The van der Waals surface area contributed by atoms with E-state index in [2.05, 4.69) is 25.5 Å². The molecule has 1 aromatic carbocycles. The molecule has 1 aliphatic heterocycles. The lowest BCUT2D eigenvalue weighted by molar-refractivity contribution is 0.0186. The third-order valence-corrected chi connectivity index (χ3v) is 4.52. The summed E-state index contributed by atoms with van der Waals surface area (Å²) in [7, 11) is 1.77. The molecule has 2 heterocycles. The van der Waals surface area contributed by atoms with Crippen molar-refractivity contribution in [2.45, 2.75) is 6.04 Å². The van der Waals surface area contributed by atoms with Crippen LogP contribution in [0.25, 0.3) is 0 Å². The number of nitrogens with one attached hydrogen (secondary N) is 2. The number of anilines is 2. The van der Waals surface area contributed by atoms with Crippen molar-refractivity contribution in [3.05, 3.63) is 47.1 Å². The monoisotopic (exact) mass is 365 g/mol. The molecule has 0 spiro atoms. The summed E-state index contributed by atoms with van der Waals surface area (Å²) in [6, 6.07) is 6.71. The van der Waals surface area contributed by atoms with Crippen LogP contribution in [0.1, 0.15) is 11.6 Å². The van der Waals surface area contributed by atoms with Gasteiger partial charge < -0.3 is 15.4 Å². The van der Waals surface area contributed by atoms with Gasteiger partial charge in [-0.25, -0.2) is 14.4 Å². The lowest BCUT2D eigenvalue weighted by Crippen LogP contribution is -2.41. The van der Waals surface area contributed by atoms with E-state index in [1.165, 1.54) is 12.4 Å². The van der Waals surface area contributed by atoms with Crippen LogP contribution >= 0.6 is 11.6 Å².